The molecule has 1 amide bonds. The van der Waals surface area contributed by atoms with Crippen LogP contribution in [0.5, 0.6) is 0 Å². The van der Waals surface area contributed by atoms with E-state index >= 15 is 0 Å². The van der Waals surface area contributed by atoms with Gasteiger partial charge in [-0.3, -0.25) is 4.79 Å². The molecule has 3 aliphatic carbocycles. The summed E-state index contributed by atoms with van der Waals surface area (Å²) in [5.41, 5.74) is 3.78. The van der Waals surface area contributed by atoms with Crippen molar-refractivity contribution in [3.8, 4) is 5.69 Å². The lowest BCUT2D eigenvalue weighted by Crippen LogP contribution is -2.35. The van der Waals surface area contributed by atoms with E-state index < -0.39 is 0 Å². The number of carbonyl (C=O) groups is 1. The van der Waals surface area contributed by atoms with E-state index in [1.807, 2.05) is 18.2 Å². The molecule has 6 rings (SSSR count). The molecule has 0 bridgehead atoms. The van der Waals surface area contributed by atoms with Crippen LogP contribution in [0.25, 0.3) is 5.69 Å². The number of fused-ring (bicyclic) bond motifs is 3. The van der Waals surface area contributed by atoms with Gasteiger partial charge >= 0.3 is 0 Å². The molecule has 1 N–H and O–H groups in total. The van der Waals surface area contributed by atoms with E-state index in [1.54, 1.807) is 22.9 Å². The second kappa shape index (κ2) is 5.53. The largest absolute Gasteiger partial charge is 0.341 e. The molecular weight excluding hydrogens is 353 g/mol. The summed E-state index contributed by atoms with van der Waals surface area (Å²) in [6.45, 7) is 0. The number of rotatable bonds is 4. The number of nitrogens with one attached hydrogen (secondary N) is 1. The van der Waals surface area contributed by atoms with Crippen LogP contribution in [0.1, 0.15) is 52.5 Å². The minimum Gasteiger partial charge on any atom is -0.341 e. The Hall–Kier alpha value is -2.95. The van der Waals surface area contributed by atoms with Gasteiger partial charge in [-0.15, -0.1) is 0 Å². The number of aromatic nitrogens is 2. The maximum atomic E-state index is 14.4. The Morgan fingerprint density at radius 3 is 2.61 bits per heavy atom. The van der Waals surface area contributed by atoms with Crippen molar-refractivity contribution in [3.05, 3.63) is 82.9 Å². The Bertz CT molecular complexity index is 1100. The van der Waals surface area contributed by atoms with Gasteiger partial charge in [0, 0.05) is 11.5 Å². The van der Waals surface area contributed by atoms with E-state index in [2.05, 4.69) is 22.5 Å². The molecule has 4 nitrogen and oxygen atoms in total. The van der Waals surface area contributed by atoms with E-state index in [-0.39, 0.29) is 17.3 Å². The van der Waals surface area contributed by atoms with Crippen LogP contribution in [0.15, 0.2) is 54.6 Å². The highest BCUT2D eigenvalue weighted by molar-refractivity contribution is 5.95. The molecule has 2 fully saturated rings. The van der Waals surface area contributed by atoms with Gasteiger partial charge in [0.1, 0.15) is 11.5 Å². The second-order valence-corrected chi connectivity index (χ2v) is 8.28. The Morgan fingerprint density at radius 2 is 1.86 bits per heavy atom. The van der Waals surface area contributed by atoms with E-state index in [9.17, 15) is 9.18 Å². The first-order valence-corrected chi connectivity index (χ1v) is 9.91. The highest BCUT2D eigenvalue weighted by Gasteiger charge is 2.51. The molecule has 0 spiro atoms. The minimum absolute atomic E-state index is 0.144. The molecular formula is C23H20FN3O. The van der Waals surface area contributed by atoms with Crippen LogP contribution in [-0.4, -0.2) is 15.7 Å². The summed E-state index contributed by atoms with van der Waals surface area (Å²) in [6, 6.07) is 16.8. The van der Waals surface area contributed by atoms with Crippen molar-refractivity contribution in [3.63, 3.8) is 0 Å². The maximum absolute atomic E-state index is 14.4. The molecule has 1 heterocycles. The summed E-state index contributed by atoms with van der Waals surface area (Å²) in [4.78, 5) is 13.2. The standard InChI is InChI=1S/C23H20FN3O/c24-18-8-4-5-9-19(18)27-21-16-12-14(16)13-17(21)20(26-27)22(28)25-23(10-11-23)15-6-2-1-3-7-15/h1-9,14,16H,10-13H2,(H,25,28)/t14-,16-/m1/s1. The fourth-order valence-electron chi connectivity index (χ4n) is 4.75. The molecule has 2 saturated carbocycles. The highest BCUT2D eigenvalue weighted by atomic mass is 19.1. The molecule has 2 atom stereocenters. The number of benzene rings is 2. The molecule has 1 aromatic heterocycles. The molecule has 0 aliphatic heterocycles. The molecule has 2 aromatic carbocycles. The van der Waals surface area contributed by atoms with Crippen molar-refractivity contribution in [1.82, 2.24) is 15.1 Å². The number of hydrogen-bond donors (Lipinski definition) is 1. The first-order chi connectivity index (χ1) is 13.7. The quantitative estimate of drug-likeness (QED) is 0.749. The molecule has 0 unspecified atom stereocenters. The van der Waals surface area contributed by atoms with Gasteiger partial charge in [0.25, 0.3) is 5.91 Å². The molecule has 28 heavy (non-hydrogen) atoms. The van der Waals surface area contributed by atoms with Crippen molar-refractivity contribution in [2.24, 2.45) is 5.92 Å². The van der Waals surface area contributed by atoms with E-state index in [0.717, 1.165) is 42.5 Å². The fraction of sp³-hybridized carbons (Fsp3) is 0.304. The second-order valence-electron chi connectivity index (χ2n) is 8.28. The third-order valence-electron chi connectivity index (χ3n) is 6.49. The van der Waals surface area contributed by atoms with Crippen molar-refractivity contribution >= 4 is 5.91 Å². The predicted octanol–water partition coefficient (Wildman–Crippen LogP) is 4.09. The smallest absolute Gasteiger partial charge is 0.272 e. The first kappa shape index (κ1) is 16.0. The van der Waals surface area contributed by atoms with Crippen molar-refractivity contribution in [2.75, 3.05) is 0 Å². The summed E-state index contributed by atoms with van der Waals surface area (Å²) in [5, 5.41) is 7.84. The summed E-state index contributed by atoms with van der Waals surface area (Å²) in [6.07, 6.45) is 3.85. The number of halogens is 1. The maximum Gasteiger partial charge on any atom is 0.272 e. The van der Waals surface area contributed by atoms with Gasteiger partial charge < -0.3 is 5.32 Å². The van der Waals surface area contributed by atoms with Gasteiger partial charge in [-0.2, -0.15) is 5.10 Å². The summed E-state index contributed by atoms with van der Waals surface area (Å²) in [7, 11) is 0. The Kier molecular flexibility index (Phi) is 3.17. The highest BCUT2D eigenvalue weighted by Crippen LogP contribution is 2.57. The molecule has 3 aromatic rings. The lowest BCUT2D eigenvalue weighted by atomic mass is 10.0. The predicted molar refractivity (Wildman–Crippen MR) is 103 cm³/mol. The van der Waals surface area contributed by atoms with Crippen LogP contribution in [0.3, 0.4) is 0 Å². The van der Waals surface area contributed by atoms with Crippen LogP contribution in [0.4, 0.5) is 4.39 Å². The Morgan fingerprint density at radius 1 is 1.11 bits per heavy atom. The van der Waals surface area contributed by atoms with Crippen molar-refractivity contribution < 1.29 is 9.18 Å². The number of nitrogens with zero attached hydrogens (tertiary/aromatic N) is 2. The average Bonchev–Trinajstić information content (AvgIpc) is 3.59. The topological polar surface area (TPSA) is 46.9 Å². The zero-order valence-corrected chi connectivity index (χ0v) is 15.4. The Labute approximate surface area is 162 Å². The zero-order valence-electron chi connectivity index (χ0n) is 15.4. The summed E-state index contributed by atoms with van der Waals surface area (Å²) in [5.74, 6) is 0.537. The number of amides is 1. The van der Waals surface area contributed by atoms with Gasteiger partial charge in [-0.1, -0.05) is 42.5 Å². The lowest BCUT2D eigenvalue weighted by molar-refractivity contribution is 0.0924. The van der Waals surface area contributed by atoms with Crippen molar-refractivity contribution in [2.45, 2.75) is 37.1 Å². The van der Waals surface area contributed by atoms with Gasteiger partial charge in [0.05, 0.1) is 11.2 Å². The third kappa shape index (κ3) is 2.28. The van der Waals surface area contributed by atoms with Crippen LogP contribution < -0.4 is 5.32 Å². The van der Waals surface area contributed by atoms with Crippen LogP contribution in [0, 0.1) is 11.7 Å². The molecule has 0 radical (unpaired) electrons. The first-order valence-electron chi connectivity index (χ1n) is 9.91. The van der Waals surface area contributed by atoms with Gasteiger partial charge in [-0.05, 0) is 49.3 Å². The number of hydrogen-bond acceptors (Lipinski definition) is 2. The summed E-state index contributed by atoms with van der Waals surface area (Å²) >= 11 is 0. The third-order valence-corrected chi connectivity index (χ3v) is 6.49. The van der Waals surface area contributed by atoms with Crippen LogP contribution in [0.2, 0.25) is 0 Å². The Balaban J connectivity index is 1.39. The van der Waals surface area contributed by atoms with Gasteiger partial charge in [0.2, 0.25) is 0 Å². The number of carbonyl (C=O) groups excluding carboxylic acids is 1. The van der Waals surface area contributed by atoms with Gasteiger partial charge in [-0.25, -0.2) is 9.07 Å². The zero-order chi connectivity index (χ0) is 18.9. The van der Waals surface area contributed by atoms with E-state index in [0.29, 0.717) is 23.2 Å². The molecule has 140 valence electrons. The monoisotopic (exact) mass is 373 g/mol. The van der Waals surface area contributed by atoms with Crippen LogP contribution >= 0.6 is 0 Å². The minimum atomic E-state index is -0.313. The average molecular weight is 373 g/mol. The number of para-hydroxylation sites is 1. The lowest BCUT2D eigenvalue weighted by Gasteiger charge is -2.17. The molecule has 5 heteroatoms. The van der Waals surface area contributed by atoms with Gasteiger partial charge in [0.15, 0.2) is 5.69 Å². The van der Waals surface area contributed by atoms with Crippen LogP contribution in [-0.2, 0) is 12.0 Å². The molecule has 3 aliphatic rings. The van der Waals surface area contributed by atoms with Crippen molar-refractivity contribution in [1.29, 1.82) is 0 Å². The fourth-order valence-corrected chi connectivity index (χ4v) is 4.75. The molecule has 0 saturated heterocycles. The SMILES string of the molecule is O=C(NC1(c2ccccc2)CC1)c1nn(-c2ccccc2F)c2c1C[C@H]1C[C@@H]21. The normalized spacial score (nSPS) is 23.0. The van der Waals surface area contributed by atoms with E-state index in [4.69, 9.17) is 0 Å². The summed E-state index contributed by atoms with van der Waals surface area (Å²) < 4.78 is 16.1. The van der Waals surface area contributed by atoms with E-state index in [1.165, 1.54) is 6.07 Å².